The molecule has 6 rings (SSSR count). The number of pyridine rings is 1. The topological polar surface area (TPSA) is 194 Å². The van der Waals surface area contributed by atoms with E-state index in [9.17, 15) is 32.7 Å². The van der Waals surface area contributed by atoms with E-state index in [2.05, 4.69) is 36.3 Å². The number of nitrogen functional groups attached to an aromatic ring is 1. The van der Waals surface area contributed by atoms with E-state index >= 15 is 0 Å². The predicted molar refractivity (Wildman–Crippen MR) is 172 cm³/mol. The third-order valence-electron chi connectivity index (χ3n) is 8.47. The minimum absolute atomic E-state index is 0.0214. The Kier molecular flexibility index (Phi) is 9.32. The summed E-state index contributed by atoms with van der Waals surface area (Å²) in [7, 11) is 1.39. The van der Waals surface area contributed by atoms with Crippen LogP contribution >= 0.6 is 11.6 Å². The zero-order valence-electron chi connectivity index (χ0n) is 26.0. The summed E-state index contributed by atoms with van der Waals surface area (Å²) in [6, 6.07) is 6.44. The Hall–Kier alpha value is -5.00. The van der Waals surface area contributed by atoms with Crippen molar-refractivity contribution in [1.29, 1.82) is 0 Å². The number of benzene rings is 1. The molecule has 4 heterocycles. The molecule has 2 fully saturated rings. The number of amides is 3. The first-order valence-electron chi connectivity index (χ1n) is 15.3. The van der Waals surface area contributed by atoms with Crippen LogP contribution in [-0.4, -0.2) is 77.9 Å². The van der Waals surface area contributed by atoms with E-state index in [4.69, 9.17) is 17.3 Å². The highest BCUT2D eigenvalue weighted by Crippen LogP contribution is 2.37. The normalized spacial score (nSPS) is 20.7. The molecule has 0 bridgehead atoms. The second kappa shape index (κ2) is 13.5. The zero-order chi connectivity index (χ0) is 35.0. The van der Waals surface area contributed by atoms with Crippen molar-refractivity contribution in [3.63, 3.8) is 0 Å². The van der Waals surface area contributed by atoms with Crippen LogP contribution in [0.15, 0.2) is 48.9 Å². The summed E-state index contributed by atoms with van der Waals surface area (Å²) in [5.74, 6) is -1.42. The summed E-state index contributed by atoms with van der Waals surface area (Å²) >= 11 is 6.41. The van der Waals surface area contributed by atoms with E-state index in [1.165, 1.54) is 48.1 Å². The van der Waals surface area contributed by atoms with Crippen LogP contribution in [0.25, 0.3) is 17.1 Å². The van der Waals surface area contributed by atoms with Crippen molar-refractivity contribution >= 4 is 40.7 Å². The summed E-state index contributed by atoms with van der Waals surface area (Å²) in [5.41, 5.74) is 4.83. The number of alkyl halides is 3. The van der Waals surface area contributed by atoms with Crippen LogP contribution < -0.4 is 27.0 Å². The number of halogens is 4. The Morgan fingerprint density at radius 1 is 1.04 bits per heavy atom. The third kappa shape index (κ3) is 7.38. The van der Waals surface area contributed by atoms with Crippen molar-refractivity contribution in [3.05, 3.63) is 71.0 Å². The molecule has 14 nitrogen and oxygen atoms in total. The molecule has 4 aromatic rings. The first-order valence-corrected chi connectivity index (χ1v) is 15.7. The number of β-amino-alcohol motifs (C(OH)–C–C–N with tert-alkyl or cyclic N) is 1. The lowest BCUT2D eigenvalue weighted by Gasteiger charge is -2.17. The van der Waals surface area contributed by atoms with Gasteiger partial charge in [-0.2, -0.15) is 18.3 Å². The van der Waals surface area contributed by atoms with E-state index in [-0.39, 0.29) is 57.2 Å². The van der Waals surface area contributed by atoms with Gasteiger partial charge in [-0.25, -0.2) is 14.6 Å². The van der Waals surface area contributed by atoms with Crippen LogP contribution in [0.2, 0.25) is 5.02 Å². The molecule has 0 spiro atoms. The summed E-state index contributed by atoms with van der Waals surface area (Å²) < 4.78 is 44.1. The number of imidazole rings is 1. The number of aromatic nitrogens is 5. The van der Waals surface area contributed by atoms with E-state index in [0.29, 0.717) is 37.9 Å². The molecule has 18 heteroatoms. The molecule has 1 saturated carbocycles. The summed E-state index contributed by atoms with van der Waals surface area (Å²) in [6.45, 7) is 0.374. The third-order valence-corrected chi connectivity index (χ3v) is 8.78. The van der Waals surface area contributed by atoms with Crippen LogP contribution in [0, 0.1) is 0 Å². The van der Waals surface area contributed by atoms with E-state index < -0.39 is 35.8 Å². The van der Waals surface area contributed by atoms with Gasteiger partial charge in [-0.3, -0.25) is 14.4 Å². The molecule has 4 atom stereocenters. The van der Waals surface area contributed by atoms with Gasteiger partial charge in [-0.15, -0.1) is 0 Å². The molecule has 258 valence electrons. The molecule has 3 amide bonds. The van der Waals surface area contributed by atoms with Gasteiger partial charge in [0.1, 0.15) is 0 Å². The van der Waals surface area contributed by atoms with Crippen molar-refractivity contribution in [1.82, 2.24) is 40.3 Å². The number of carbonyl (C=O) groups excluding carboxylic acids is 3. The highest BCUT2D eigenvalue weighted by molar-refractivity contribution is 6.34. The monoisotopic (exact) mass is 700 g/mol. The van der Waals surface area contributed by atoms with Crippen molar-refractivity contribution < 1.29 is 32.7 Å². The fourth-order valence-electron chi connectivity index (χ4n) is 5.98. The molecule has 0 radical (unpaired) electrons. The number of nitrogens with one attached hydrogen (secondary N) is 4. The standard InChI is InChI=1S/C31H32ClF3N10O4/c1-44-24(21-14-45(43-26(21)31(33,34)35)25-7-2-15(36)11-38-25)13-39-27(44)30(49)42-18-5-6-20(22(32)9-18)28(47)40-16-3-4-17(8-16)41-29(48)23-10-19(46)12-37-23/h2,5-7,9,11,13-14,16-17,19,23,37,46H,3-4,8,10,12,36H2,1H3,(H,40,47)(H,41,48)(H,42,49)/t16-,17-,19-,23+/m1/s1. The minimum Gasteiger partial charge on any atom is -0.397 e. The number of nitrogens with zero attached hydrogens (tertiary/aromatic N) is 5. The molecule has 1 saturated heterocycles. The number of aliphatic hydroxyl groups is 1. The first kappa shape index (κ1) is 33.9. The number of hydrogen-bond donors (Lipinski definition) is 6. The quantitative estimate of drug-likeness (QED) is 0.160. The lowest BCUT2D eigenvalue weighted by molar-refractivity contribution is -0.140. The van der Waals surface area contributed by atoms with Gasteiger partial charge in [-0.05, 0) is 56.0 Å². The molecule has 2 aliphatic rings. The largest absolute Gasteiger partial charge is 0.435 e. The van der Waals surface area contributed by atoms with Gasteiger partial charge in [-0.1, -0.05) is 11.6 Å². The number of carbonyl (C=O) groups is 3. The van der Waals surface area contributed by atoms with Crippen LogP contribution in [0.5, 0.6) is 0 Å². The van der Waals surface area contributed by atoms with Crippen molar-refractivity contribution in [3.8, 4) is 17.1 Å². The lowest BCUT2D eigenvalue weighted by atomic mass is 10.1. The highest BCUT2D eigenvalue weighted by atomic mass is 35.5. The van der Waals surface area contributed by atoms with E-state index in [1.807, 2.05) is 0 Å². The van der Waals surface area contributed by atoms with Gasteiger partial charge < -0.3 is 36.7 Å². The fourth-order valence-corrected chi connectivity index (χ4v) is 6.25. The molecular formula is C31H32ClF3N10O4. The Balaban J connectivity index is 1.10. The van der Waals surface area contributed by atoms with Gasteiger partial charge in [0, 0.05) is 37.6 Å². The number of rotatable bonds is 8. The zero-order valence-corrected chi connectivity index (χ0v) is 26.7. The van der Waals surface area contributed by atoms with Crippen molar-refractivity contribution in [2.24, 2.45) is 7.05 Å². The SMILES string of the molecule is Cn1c(-c2cn(-c3ccc(N)cn3)nc2C(F)(F)F)cnc1C(=O)Nc1ccc(C(=O)N[C@@H]2CC[C@@H](NC(=O)[C@@H]3C[C@@H](O)CN3)C2)c(Cl)c1. The molecule has 3 aromatic heterocycles. The van der Waals surface area contributed by atoms with Crippen LogP contribution in [0.1, 0.15) is 52.4 Å². The molecule has 49 heavy (non-hydrogen) atoms. The molecule has 7 N–H and O–H groups in total. The molecule has 1 aliphatic heterocycles. The maximum absolute atomic E-state index is 14.0. The second-order valence-corrected chi connectivity index (χ2v) is 12.4. The van der Waals surface area contributed by atoms with Crippen molar-refractivity contribution in [2.45, 2.75) is 56.1 Å². The average molecular weight is 701 g/mol. The van der Waals surface area contributed by atoms with Gasteiger partial charge in [0.2, 0.25) is 5.91 Å². The second-order valence-electron chi connectivity index (χ2n) is 12.0. The Labute approximate surface area is 282 Å². The first-order chi connectivity index (χ1) is 23.3. The highest BCUT2D eigenvalue weighted by Gasteiger charge is 2.39. The molecular weight excluding hydrogens is 669 g/mol. The van der Waals surface area contributed by atoms with Gasteiger partial charge >= 0.3 is 6.18 Å². The summed E-state index contributed by atoms with van der Waals surface area (Å²) in [4.78, 5) is 46.7. The minimum atomic E-state index is -4.82. The van der Waals surface area contributed by atoms with Gasteiger partial charge in [0.15, 0.2) is 17.3 Å². The molecule has 0 unspecified atom stereocenters. The van der Waals surface area contributed by atoms with E-state index in [1.54, 1.807) is 0 Å². The smallest absolute Gasteiger partial charge is 0.397 e. The van der Waals surface area contributed by atoms with Crippen molar-refractivity contribution in [2.75, 3.05) is 17.6 Å². The van der Waals surface area contributed by atoms with Gasteiger partial charge in [0.05, 0.1) is 52.1 Å². The number of aliphatic hydroxyl groups excluding tert-OH is 1. The van der Waals surface area contributed by atoms with Gasteiger partial charge in [0.25, 0.3) is 11.8 Å². The van der Waals surface area contributed by atoms with Crippen LogP contribution in [0.3, 0.4) is 0 Å². The number of nitrogens with two attached hydrogens (primary N) is 1. The number of anilines is 2. The van der Waals surface area contributed by atoms with Crippen LogP contribution in [0.4, 0.5) is 24.5 Å². The summed E-state index contributed by atoms with van der Waals surface area (Å²) in [6.07, 6.45) is 0.428. The van der Waals surface area contributed by atoms with Crippen LogP contribution in [-0.2, 0) is 18.0 Å². The Morgan fingerprint density at radius 3 is 2.45 bits per heavy atom. The summed E-state index contributed by atoms with van der Waals surface area (Å²) in [5, 5.41) is 24.9. The number of hydrogen-bond acceptors (Lipinski definition) is 9. The van der Waals surface area contributed by atoms with E-state index in [0.717, 1.165) is 17.1 Å². The fraction of sp³-hybridized carbons (Fsp3) is 0.355. The Bertz CT molecular complexity index is 1890. The molecule has 1 aromatic carbocycles. The maximum atomic E-state index is 14.0. The average Bonchev–Trinajstić information content (AvgIpc) is 3.84. The lowest BCUT2D eigenvalue weighted by Crippen LogP contribution is -2.45. The Morgan fingerprint density at radius 2 is 1.80 bits per heavy atom. The predicted octanol–water partition coefficient (Wildman–Crippen LogP) is 2.66. The molecule has 1 aliphatic carbocycles. The maximum Gasteiger partial charge on any atom is 0.435 e.